The van der Waals surface area contributed by atoms with E-state index >= 15 is 0 Å². The van der Waals surface area contributed by atoms with Gasteiger partial charge < -0.3 is 5.32 Å². The van der Waals surface area contributed by atoms with Gasteiger partial charge in [0.1, 0.15) is 0 Å². The molecule has 0 amide bonds. The molecule has 0 radical (unpaired) electrons. The number of fused-ring (bicyclic) bond motifs is 1. The summed E-state index contributed by atoms with van der Waals surface area (Å²) in [7, 11) is 2.00. The summed E-state index contributed by atoms with van der Waals surface area (Å²) in [4.78, 5) is 4.38. The van der Waals surface area contributed by atoms with E-state index in [1.165, 1.54) is 22.1 Å². The summed E-state index contributed by atoms with van der Waals surface area (Å²) in [5.74, 6) is 0. The number of rotatable bonds is 3. The van der Waals surface area contributed by atoms with E-state index in [9.17, 15) is 0 Å². The number of pyridine rings is 1. The van der Waals surface area contributed by atoms with Crippen molar-refractivity contribution in [3.05, 3.63) is 77.5 Å². The maximum Gasteiger partial charge on any atom is 0.0702 e. The zero-order valence-corrected chi connectivity index (χ0v) is 11.8. The quantitative estimate of drug-likeness (QED) is 0.775. The first-order chi connectivity index (χ1) is 9.79. The summed E-state index contributed by atoms with van der Waals surface area (Å²) < 4.78 is 0. The molecule has 0 bridgehead atoms. The molecule has 1 unspecified atom stereocenters. The molecule has 20 heavy (non-hydrogen) atoms. The largest absolute Gasteiger partial charge is 0.309 e. The molecule has 0 spiro atoms. The third-order valence-corrected chi connectivity index (χ3v) is 3.75. The van der Waals surface area contributed by atoms with Crippen LogP contribution in [0.25, 0.3) is 10.9 Å². The Morgan fingerprint density at radius 1 is 1.00 bits per heavy atom. The first-order valence-corrected chi connectivity index (χ1v) is 6.87. The summed E-state index contributed by atoms with van der Waals surface area (Å²) in [5.41, 5.74) is 4.93. The van der Waals surface area contributed by atoms with Crippen LogP contribution in [0.1, 0.15) is 22.7 Å². The molecular weight excluding hydrogens is 244 g/mol. The molecule has 1 N–H and O–H groups in total. The van der Waals surface area contributed by atoms with Crippen LogP contribution in [0, 0.1) is 6.92 Å². The molecule has 3 aromatic rings. The molecule has 0 aliphatic carbocycles. The Hall–Kier alpha value is -2.19. The van der Waals surface area contributed by atoms with Gasteiger partial charge in [0.2, 0.25) is 0 Å². The fourth-order valence-corrected chi connectivity index (χ4v) is 2.69. The molecule has 0 saturated carbocycles. The maximum atomic E-state index is 4.38. The van der Waals surface area contributed by atoms with E-state index in [-0.39, 0.29) is 6.04 Å². The Bertz CT molecular complexity index is 734. The van der Waals surface area contributed by atoms with Crippen LogP contribution >= 0.6 is 0 Å². The number of nitrogens with one attached hydrogen (secondary N) is 1. The predicted octanol–water partition coefficient (Wildman–Crippen LogP) is 3.85. The SMILES string of the molecule is CNC(c1ccc2ncccc2c1)c1ccccc1C. The summed E-state index contributed by atoms with van der Waals surface area (Å²) in [6, 6.07) is 19.3. The summed E-state index contributed by atoms with van der Waals surface area (Å²) in [5, 5.41) is 4.60. The molecule has 1 aromatic heterocycles. The minimum absolute atomic E-state index is 0.209. The van der Waals surface area contributed by atoms with Crippen LogP contribution < -0.4 is 5.32 Å². The summed E-state index contributed by atoms with van der Waals surface area (Å²) >= 11 is 0. The van der Waals surface area contributed by atoms with Gasteiger partial charge in [-0.05, 0) is 48.9 Å². The Morgan fingerprint density at radius 3 is 2.65 bits per heavy atom. The minimum atomic E-state index is 0.209. The maximum absolute atomic E-state index is 4.38. The topological polar surface area (TPSA) is 24.9 Å². The molecule has 0 aliphatic rings. The van der Waals surface area contributed by atoms with Crippen molar-refractivity contribution in [2.75, 3.05) is 7.05 Å². The number of aromatic nitrogens is 1. The summed E-state index contributed by atoms with van der Waals surface area (Å²) in [6.45, 7) is 2.16. The second-order valence-corrected chi connectivity index (χ2v) is 5.03. The van der Waals surface area contributed by atoms with Crippen molar-refractivity contribution in [3.63, 3.8) is 0 Å². The monoisotopic (exact) mass is 262 g/mol. The minimum Gasteiger partial charge on any atom is -0.309 e. The smallest absolute Gasteiger partial charge is 0.0702 e. The van der Waals surface area contributed by atoms with Crippen LogP contribution in [0.15, 0.2) is 60.8 Å². The molecule has 2 aromatic carbocycles. The van der Waals surface area contributed by atoms with Crippen molar-refractivity contribution >= 4 is 10.9 Å². The lowest BCUT2D eigenvalue weighted by molar-refractivity contribution is 0.688. The third kappa shape index (κ3) is 2.30. The zero-order chi connectivity index (χ0) is 13.9. The highest BCUT2D eigenvalue weighted by molar-refractivity contribution is 5.79. The first kappa shape index (κ1) is 12.8. The van der Waals surface area contributed by atoms with Crippen molar-refractivity contribution in [2.24, 2.45) is 0 Å². The van der Waals surface area contributed by atoms with E-state index in [0.29, 0.717) is 0 Å². The van der Waals surface area contributed by atoms with Gasteiger partial charge in [-0.1, -0.05) is 36.4 Å². The highest BCUT2D eigenvalue weighted by atomic mass is 14.9. The number of hydrogen-bond donors (Lipinski definition) is 1. The molecule has 2 heteroatoms. The van der Waals surface area contributed by atoms with Crippen molar-refractivity contribution < 1.29 is 0 Å². The fraction of sp³-hybridized carbons (Fsp3) is 0.167. The van der Waals surface area contributed by atoms with Gasteiger partial charge in [0, 0.05) is 11.6 Å². The van der Waals surface area contributed by atoms with E-state index in [2.05, 4.69) is 65.8 Å². The van der Waals surface area contributed by atoms with Crippen LogP contribution in [-0.4, -0.2) is 12.0 Å². The van der Waals surface area contributed by atoms with Gasteiger partial charge in [-0.25, -0.2) is 0 Å². The first-order valence-electron chi connectivity index (χ1n) is 6.87. The molecule has 1 heterocycles. The van der Waals surface area contributed by atoms with E-state index in [1.54, 1.807) is 0 Å². The van der Waals surface area contributed by atoms with Gasteiger partial charge in [0.15, 0.2) is 0 Å². The molecule has 0 aliphatic heterocycles. The highest BCUT2D eigenvalue weighted by Crippen LogP contribution is 2.26. The van der Waals surface area contributed by atoms with Crippen LogP contribution in [-0.2, 0) is 0 Å². The lowest BCUT2D eigenvalue weighted by Crippen LogP contribution is -2.18. The van der Waals surface area contributed by atoms with E-state index in [4.69, 9.17) is 0 Å². The van der Waals surface area contributed by atoms with Gasteiger partial charge in [0.05, 0.1) is 11.6 Å². The Morgan fingerprint density at radius 2 is 1.85 bits per heavy atom. The third-order valence-electron chi connectivity index (χ3n) is 3.75. The van der Waals surface area contributed by atoms with Gasteiger partial charge in [0.25, 0.3) is 0 Å². The average molecular weight is 262 g/mol. The van der Waals surface area contributed by atoms with Crippen LogP contribution in [0.5, 0.6) is 0 Å². The van der Waals surface area contributed by atoms with Gasteiger partial charge in [-0.3, -0.25) is 4.98 Å². The van der Waals surface area contributed by atoms with Crippen LogP contribution in [0.4, 0.5) is 0 Å². The second kappa shape index (κ2) is 5.43. The second-order valence-electron chi connectivity index (χ2n) is 5.03. The van der Waals surface area contributed by atoms with Crippen molar-refractivity contribution in [2.45, 2.75) is 13.0 Å². The molecule has 0 fully saturated rings. The molecule has 0 saturated heterocycles. The number of nitrogens with zero attached hydrogens (tertiary/aromatic N) is 1. The lowest BCUT2D eigenvalue weighted by atomic mass is 9.94. The van der Waals surface area contributed by atoms with Crippen LogP contribution in [0.3, 0.4) is 0 Å². The number of benzene rings is 2. The zero-order valence-electron chi connectivity index (χ0n) is 11.8. The number of hydrogen-bond acceptors (Lipinski definition) is 2. The van der Waals surface area contributed by atoms with Crippen molar-refractivity contribution in [1.29, 1.82) is 0 Å². The molecule has 1 atom stereocenters. The molecule has 3 rings (SSSR count). The average Bonchev–Trinajstić information content (AvgIpc) is 2.50. The predicted molar refractivity (Wildman–Crippen MR) is 83.8 cm³/mol. The van der Waals surface area contributed by atoms with Crippen molar-refractivity contribution in [1.82, 2.24) is 10.3 Å². The number of aryl methyl sites for hydroxylation is 1. The normalized spacial score (nSPS) is 12.5. The molecular formula is C18H18N2. The molecule has 2 nitrogen and oxygen atoms in total. The Kier molecular flexibility index (Phi) is 3.48. The fourth-order valence-electron chi connectivity index (χ4n) is 2.69. The van der Waals surface area contributed by atoms with Gasteiger partial charge >= 0.3 is 0 Å². The Balaban J connectivity index is 2.10. The van der Waals surface area contributed by atoms with Crippen LogP contribution in [0.2, 0.25) is 0 Å². The standard InChI is InChI=1S/C18H18N2/c1-13-6-3-4-8-16(13)18(19-2)15-9-10-17-14(12-15)7-5-11-20-17/h3-12,18-19H,1-2H3. The van der Waals surface area contributed by atoms with E-state index in [0.717, 1.165) is 5.52 Å². The highest BCUT2D eigenvalue weighted by Gasteiger charge is 2.14. The Labute approximate surface area is 119 Å². The van der Waals surface area contributed by atoms with Gasteiger partial charge in [-0.2, -0.15) is 0 Å². The molecule has 100 valence electrons. The summed E-state index contributed by atoms with van der Waals surface area (Å²) in [6.07, 6.45) is 1.83. The van der Waals surface area contributed by atoms with E-state index < -0.39 is 0 Å². The van der Waals surface area contributed by atoms with Crippen molar-refractivity contribution in [3.8, 4) is 0 Å². The van der Waals surface area contributed by atoms with Gasteiger partial charge in [-0.15, -0.1) is 0 Å². The lowest BCUT2D eigenvalue weighted by Gasteiger charge is -2.19. The van der Waals surface area contributed by atoms with E-state index in [1.807, 2.05) is 19.3 Å².